The molecule has 3 atom stereocenters. The molecule has 6 N–H and O–H groups in total. The Morgan fingerprint density at radius 1 is 1.14 bits per heavy atom. The van der Waals surface area contributed by atoms with Crippen molar-refractivity contribution >= 4 is 23.8 Å². The van der Waals surface area contributed by atoms with Crippen molar-refractivity contribution < 1.29 is 34.5 Å². The van der Waals surface area contributed by atoms with Gasteiger partial charge in [0.1, 0.15) is 12.1 Å². The van der Waals surface area contributed by atoms with Crippen LogP contribution in [0, 0.1) is 0 Å². The third-order valence-corrected chi connectivity index (χ3v) is 3.19. The van der Waals surface area contributed by atoms with Crippen molar-refractivity contribution in [1.82, 2.24) is 16.0 Å². The third-order valence-electron chi connectivity index (χ3n) is 3.19. The number of hydrogen-bond acceptors (Lipinski definition) is 6. The maximum Gasteiger partial charge on any atom is 0.326 e. The molecule has 0 aromatic carbocycles. The summed E-state index contributed by atoms with van der Waals surface area (Å²) in [5, 5.41) is 33.8. The molecule has 1 aliphatic rings. The van der Waals surface area contributed by atoms with E-state index in [1.807, 2.05) is 5.32 Å². The molecule has 22 heavy (non-hydrogen) atoms. The Kier molecular flexibility index (Phi) is 6.73. The van der Waals surface area contributed by atoms with E-state index in [1.165, 1.54) is 0 Å². The predicted molar refractivity (Wildman–Crippen MR) is 71.9 cm³/mol. The van der Waals surface area contributed by atoms with Gasteiger partial charge in [-0.05, 0) is 19.4 Å². The standard InChI is InChI=1S/C12H19N3O7/c16-5-8(15-10(19)6-2-1-3-13-6)11(20)14-7(12(21)22)4-9(17)18/h6-8,13,16H,1-5H2,(H,14,20)(H,15,19)(H,17,18)(H,21,22)/t6-,7-,8-/m0/s1. The van der Waals surface area contributed by atoms with E-state index in [0.29, 0.717) is 13.0 Å². The summed E-state index contributed by atoms with van der Waals surface area (Å²) in [6.07, 6.45) is 0.605. The number of aliphatic hydroxyl groups is 1. The van der Waals surface area contributed by atoms with E-state index in [0.717, 1.165) is 6.42 Å². The van der Waals surface area contributed by atoms with Gasteiger partial charge in [-0.15, -0.1) is 0 Å². The number of hydrogen-bond donors (Lipinski definition) is 6. The van der Waals surface area contributed by atoms with Crippen LogP contribution < -0.4 is 16.0 Å². The largest absolute Gasteiger partial charge is 0.481 e. The molecule has 0 unspecified atom stereocenters. The summed E-state index contributed by atoms with van der Waals surface area (Å²) in [6.45, 7) is -0.0581. The first-order valence-corrected chi connectivity index (χ1v) is 6.74. The Morgan fingerprint density at radius 3 is 2.27 bits per heavy atom. The number of carboxylic acid groups (broad SMARTS) is 2. The van der Waals surface area contributed by atoms with Crippen LogP contribution in [0.1, 0.15) is 19.3 Å². The molecule has 0 aliphatic carbocycles. The van der Waals surface area contributed by atoms with E-state index in [9.17, 15) is 19.2 Å². The number of rotatable bonds is 8. The van der Waals surface area contributed by atoms with Gasteiger partial charge in [0.25, 0.3) is 0 Å². The number of carbonyl (C=O) groups excluding carboxylic acids is 2. The summed E-state index contributed by atoms with van der Waals surface area (Å²) in [6, 6.07) is -3.44. The molecular weight excluding hydrogens is 298 g/mol. The molecule has 1 saturated heterocycles. The van der Waals surface area contributed by atoms with Gasteiger partial charge in [0, 0.05) is 0 Å². The fraction of sp³-hybridized carbons (Fsp3) is 0.667. The van der Waals surface area contributed by atoms with Gasteiger partial charge in [-0.3, -0.25) is 14.4 Å². The quantitative estimate of drug-likeness (QED) is 0.280. The molecule has 0 bridgehead atoms. The first-order valence-electron chi connectivity index (χ1n) is 6.74. The fourth-order valence-corrected chi connectivity index (χ4v) is 2.02. The summed E-state index contributed by atoms with van der Waals surface area (Å²) < 4.78 is 0. The molecule has 124 valence electrons. The first kappa shape index (κ1) is 17.9. The smallest absolute Gasteiger partial charge is 0.326 e. The Bertz CT molecular complexity index is 448. The zero-order chi connectivity index (χ0) is 16.7. The molecule has 0 saturated carbocycles. The van der Waals surface area contributed by atoms with E-state index in [-0.39, 0.29) is 0 Å². The zero-order valence-electron chi connectivity index (χ0n) is 11.7. The first-order chi connectivity index (χ1) is 10.3. The van der Waals surface area contributed by atoms with Crippen LogP contribution in [0.2, 0.25) is 0 Å². The molecule has 0 aromatic heterocycles. The van der Waals surface area contributed by atoms with Gasteiger partial charge < -0.3 is 31.3 Å². The zero-order valence-corrected chi connectivity index (χ0v) is 11.7. The molecule has 0 spiro atoms. The number of aliphatic hydroxyl groups excluding tert-OH is 1. The van der Waals surface area contributed by atoms with E-state index in [4.69, 9.17) is 15.3 Å². The molecule has 10 heteroatoms. The van der Waals surface area contributed by atoms with Gasteiger partial charge in [0.15, 0.2) is 0 Å². The molecule has 0 radical (unpaired) electrons. The summed E-state index contributed by atoms with van der Waals surface area (Å²) in [4.78, 5) is 45.1. The lowest BCUT2D eigenvalue weighted by atomic mass is 10.1. The van der Waals surface area contributed by atoms with Crippen LogP contribution in [0.25, 0.3) is 0 Å². The van der Waals surface area contributed by atoms with Gasteiger partial charge in [-0.2, -0.15) is 0 Å². The highest BCUT2D eigenvalue weighted by Gasteiger charge is 2.30. The Morgan fingerprint density at radius 2 is 1.82 bits per heavy atom. The summed E-state index contributed by atoms with van der Waals surface area (Å²) in [5.74, 6) is -4.34. The number of amides is 2. The fourth-order valence-electron chi connectivity index (χ4n) is 2.02. The van der Waals surface area contributed by atoms with E-state index >= 15 is 0 Å². The van der Waals surface area contributed by atoms with Gasteiger partial charge in [0.05, 0.1) is 19.1 Å². The van der Waals surface area contributed by atoms with Crippen LogP contribution in [-0.4, -0.2) is 70.3 Å². The average Bonchev–Trinajstić information content (AvgIpc) is 2.97. The maximum absolute atomic E-state index is 11.9. The maximum atomic E-state index is 11.9. The van der Waals surface area contributed by atoms with E-state index < -0.39 is 54.9 Å². The van der Waals surface area contributed by atoms with Crippen LogP contribution in [0.3, 0.4) is 0 Å². The van der Waals surface area contributed by atoms with Crippen LogP contribution in [0.5, 0.6) is 0 Å². The second-order valence-corrected chi connectivity index (χ2v) is 4.89. The highest BCUT2D eigenvalue weighted by molar-refractivity contribution is 5.92. The molecule has 1 rings (SSSR count). The summed E-state index contributed by atoms with van der Waals surface area (Å²) >= 11 is 0. The summed E-state index contributed by atoms with van der Waals surface area (Å²) in [5.41, 5.74) is 0. The lowest BCUT2D eigenvalue weighted by Crippen LogP contribution is -2.56. The topological polar surface area (TPSA) is 165 Å². The van der Waals surface area contributed by atoms with Crippen molar-refractivity contribution in [3.63, 3.8) is 0 Å². The van der Waals surface area contributed by atoms with Crippen LogP contribution in [0.15, 0.2) is 0 Å². The molecule has 1 fully saturated rings. The minimum absolute atomic E-state index is 0.462. The van der Waals surface area contributed by atoms with Crippen molar-refractivity contribution in [2.75, 3.05) is 13.2 Å². The highest BCUT2D eigenvalue weighted by atomic mass is 16.4. The Hall–Kier alpha value is -2.20. The molecule has 0 aromatic rings. The lowest BCUT2D eigenvalue weighted by Gasteiger charge is -2.20. The van der Waals surface area contributed by atoms with Crippen LogP contribution >= 0.6 is 0 Å². The van der Waals surface area contributed by atoms with Crippen LogP contribution in [0.4, 0.5) is 0 Å². The monoisotopic (exact) mass is 317 g/mol. The second kappa shape index (κ2) is 8.29. The lowest BCUT2D eigenvalue weighted by molar-refractivity contribution is -0.147. The molecule has 1 aliphatic heterocycles. The predicted octanol–water partition coefficient (Wildman–Crippen LogP) is -2.74. The van der Waals surface area contributed by atoms with Crippen molar-refractivity contribution in [2.45, 2.75) is 37.4 Å². The van der Waals surface area contributed by atoms with Crippen molar-refractivity contribution in [2.24, 2.45) is 0 Å². The minimum Gasteiger partial charge on any atom is -0.481 e. The molecule has 1 heterocycles. The number of carboxylic acids is 2. The van der Waals surface area contributed by atoms with Gasteiger partial charge >= 0.3 is 11.9 Å². The van der Waals surface area contributed by atoms with Crippen molar-refractivity contribution in [3.05, 3.63) is 0 Å². The SMILES string of the molecule is O=C(O)C[C@H](NC(=O)[C@H](CO)NC(=O)[C@@H]1CCCN1)C(=O)O. The summed E-state index contributed by atoms with van der Waals surface area (Å²) in [7, 11) is 0. The normalized spacial score (nSPS) is 20.0. The van der Waals surface area contributed by atoms with Gasteiger partial charge in [0.2, 0.25) is 11.8 Å². The molecule has 10 nitrogen and oxygen atoms in total. The third kappa shape index (κ3) is 5.30. The van der Waals surface area contributed by atoms with Gasteiger partial charge in [-0.1, -0.05) is 0 Å². The molecule has 2 amide bonds. The number of carbonyl (C=O) groups is 4. The minimum atomic E-state index is -1.64. The van der Waals surface area contributed by atoms with Crippen LogP contribution in [-0.2, 0) is 19.2 Å². The second-order valence-electron chi connectivity index (χ2n) is 4.89. The van der Waals surface area contributed by atoms with Crippen molar-refractivity contribution in [3.8, 4) is 0 Å². The highest BCUT2D eigenvalue weighted by Crippen LogP contribution is 2.05. The molecular formula is C12H19N3O7. The van der Waals surface area contributed by atoms with Crippen molar-refractivity contribution in [1.29, 1.82) is 0 Å². The average molecular weight is 317 g/mol. The number of aliphatic carboxylic acids is 2. The van der Waals surface area contributed by atoms with Gasteiger partial charge in [-0.25, -0.2) is 4.79 Å². The Balaban J connectivity index is 2.60. The Labute approximate surface area is 125 Å². The van der Waals surface area contributed by atoms with E-state index in [1.54, 1.807) is 0 Å². The number of nitrogens with one attached hydrogen (secondary N) is 3. The van der Waals surface area contributed by atoms with E-state index in [2.05, 4.69) is 10.6 Å².